The largest absolute Gasteiger partial charge is 0.374 e. The minimum absolute atomic E-state index is 0.149. The molecule has 18 heavy (non-hydrogen) atoms. The number of nitrogens with one attached hydrogen (secondary N) is 2. The number of ether oxygens (including phenoxy) is 1. The van der Waals surface area contributed by atoms with Crippen molar-refractivity contribution in [3.05, 3.63) is 24.0 Å². The van der Waals surface area contributed by atoms with Crippen LogP contribution in [0.1, 0.15) is 0 Å². The van der Waals surface area contributed by atoms with Crippen LogP contribution in [0, 0.1) is 5.82 Å². The van der Waals surface area contributed by atoms with Crippen LogP contribution in [0.5, 0.6) is 0 Å². The van der Waals surface area contributed by atoms with Crippen LogP contribution in [0.3, 0.4) is 0 Å². The van der Waals surface area contributed by atoms with E-state index in [9.17, 15) is 13.2 Å². The van der Waals surface area contributed by atoms with Crippen LogP contribution in [0.2, 0.25) is 0 Å². The summed E-state index contributed by atoms with van der Waals surface area (Å²) in [7, 11) is 0. The van der Waals surface area contributed by atoms with Crippen molar-refractivity contribution >= 4 is 17.0 Å². The Balaban J connectivity index is 1.84. The van der Waals surface area contributed by atoms with E-state index < -0.39 is 13.0 Å². The molecular weight excluding hydrogens is 247 g/mol. The second kappa shape index (κ2) is 5.72. The molecule has 0 radical (unpaired) electrons. The Morgan fingerprint density at radius 1 is 1.39 bits per heavy atom. The maximum absolute atomic E-state index is 12.9. The monoisotopic (exact) mass is 259 g/mol. The molecule has 0 aliphatic rings. The summed E-state index contributed by atoms with van der Waals surface area (Å²) in [5, 5.41) is 2.87. The summed E-state index contributed by atoms with van der Waals surface area (Å²) in [6.07, 6.45) is -2.46. The Morgan fingerprint density at radius 3 is 3.00 bits per heavy atom. The number of alkyl halides is 2. The first-order valence-electron chi connectivity index (χ1n) is 5.40. The quantitative estimate of drug-likeness (QED) is 0.783. The lowest BCUT2D eigenvalue weighted by molar-refractivity contribution is 0.0214. The third-order valence-electron chi connectivity index (χ3n) is 2.23. The molecular formula is C11H12F3N3O. The Bertz CT molecular complexity index is 515. The van der Waals surface area contributed by atoms with E-state index in [0.29, 0.717) is 23.5 Å². The standard InChI is InChI=1S/C11H12F3N3O/c12-7-1-2-8-9(5-7)17-11(16-8)15-3-4-18-6-10(13)14/h1-2,5,10H,3-4,6H2,(H2,15,16,17). The molecule has 2 N–H and O–H groups in total. The molecule has 0 amide bonds. The number of H-pyrrole nitrogens is 1. The van der Waals surface area contributed by atoms with Crippen LogP contribution < -0.4 is 5.32 Å². The van der Waals surface area contributed by atoms with Gasteiger partial charge in [-0.15, -0.1) is 0 Å². The number of aromatic amines is 1. The van der Waals surface area contributed by atoms with Crippen molar-refractivity contribution in [2.75, 3.05) is 25.1 Å². The van der Waals surface area contributed by atoms with Crippen molar-refractivity contribution in [3.8, 4) is 0 Å². The lowest BCUT2D eigenvalue weighted by atomic mass is 10.3. The van der Waals surface area contributed by atoms with Crippen LogP contribution in [0.25, 0.3) is 11.0 Å². The fourth-order valence-corrected chi connectivity index (χ4v) is 1.48. The van der Waals surface area contributed by atoms with Gasteiger partial charge in [0.25, 0.3) is 6.43 Å². The number of anilines is 1. The number of halogens is 3. The molecule has 4 nitrogen and oxygen atoms in total. The summed E-state index contributed by atoms with van der Waals surface area (Å²) in [6, 6.07) is 4.21. The summed E-state index contributed by atoms with van der Waals surface area (Å²) in [5.74, 6) is 0.106. The lowest BCUT2D eigenvalue weighted by Gasteiger charge is -2.03. The normalized spacial score (nSPS) is 11.3. The molecule has 1 heterocycles. The molecule has 2 aromatic rings. The average molecular weight is 259 g/mol. The molecule has 1 aromatic carbocycles. The Hall–Kier alpha value is -1.76. The first-order chi connectivity index (χ1) is 8.65. The molecule has 0 bridgehead atoms. The van der Waals surface area contributed by atoms with E-state index in [-0.39, 0.29) is 12.4 Å². The predicted octanol–water partition coefficient (Wildman–Crippen LogP) is 2.40. The number of fused-ring (bicyclic) bond motifs is 1. The van der Waals surface area contributed by atoms with Crippen LogP contribution in [0.15, 0.2) is 18.2 Å². The van der Waals surface area contributed by atoms with Gasteiger partial charge in [0.05, 0.1) is 17.6 Å². The van der Waals surface area contributed by atoms with Gasteiger partial charge in [0.1, 0.15) is 12.4 Å². The lowest BCUT2D eigenvalue weighted by Crippen LogP contribution is -2.13. The minimum Gasteiger partial charge on any atom is -0.374 e. The van der Waals surface area contributed by atoms with Crippen molar-refractivity contribution in [1.82, 2.24) is 9.97 Å². The zero-order valence-corrected chi connectivity index (χ0v) is 9.42. The molecule has 0 unspecified atom stereocenters. The number of imidazole rings is 1. The summed E-state index contributed by atoms with van der Waals surface area (Å²) < 4.78 is 41.1. The molecule has 1 aromatic heterocycles. The second-order valence-corrected chi connectivity index (χ2v) is 3.64. The van der Waals surface area contributed by atoms with E-state index in [1.807, 2.05) is 0 Å². The third kappa shape index (κ3) is 3.36. The molecule has 0 atom stereocenters. The van der Waals surface area contributed by atoms with E-state index in [4.69, 9.17) is 4.74 Å². The van der Waals surface area contributed by atoms with Crippen molar-refractivity contribution in [1.29, 1.82) is 0 Å². The van der Waals surface area contributed by atoms with Gasteiger partial charge in [0, 0.05) is 6.54 Å². The van der Waals surface area contributed by atoms with Crippen LogP contribution >= 0.6 is 0 Å². The maximum atomic E-state index is 12.9. The maximum Gasteiger partial charge on any atom is 0.261 e. The van der Waals surface area contributed by atoms with Gasteiger partial charge < -0.3 is 15.0 Å². The summed E-state index contributed by atoms with van der Waals surface area (Å²) in [4.78, 5) is 7.02. The molecule has 98 valence electrons. The molecule has 0 saturated heterocycles. The summed E-state index contributed by atoms with van der Waals surface area (Å²) >= 11 is 0. The molecule has 0 saturated carbocycles. The number of rotatable bonds is 6. The number of aromatic nitrogens is 2. The van der Waals surface area contributed by atoms with Gasteiger partial charge in [0.2, 0.25) is 5.95 Å². The van der Waals surface area contributed by atoms with E-state index in [1.54, 1.807) is 6.07 Å². The highest BCUT2D eigenvalue weighted by atomic mass is 19.3. The van der Waals surface area contributed by atoms with Gasteiger partial charge in [-0.05, 0) is 18.2 Å². The van der Waals surface area contributed by atoms with E-state index in [2.05, 4.69) is 15.3 Å². The van der Waals surface area contributed by atoms with Gasteiger partial charge in [0.15, 0.2) is 0 Å². The van der Waals surface area contributed by atoms with E-state index in [1.165, 1.54) is 12.1 Å². The van der Waals surface area contributed by atoms with Gasteiger partial charge in [-0.2, -0.15) is 0 Å². The Morgan fingerprint density at radius 2 is 2.22 bits per heavy atom. The topological polar surface area (TPSA) is 49.9 Å². The molecule has 0 fully saturated rings. The van der Waals surface area contributed by atoms with Crippen molar-refractivity contribution in [2.24, 2.45) is 0 Å². The van der Waals surface area contributed by atoms with Crippen LogP contribution in [0.4, 0.5) is 19.1 Å². The first kappa shape index (κ1) is 12.7. The molecule has 0 aliphatic heterocycles. The molecule has 7 heteroatoms. The van der Waals surface area contributed by atoms with E-state index in [0.717, 1.165) is 0 Å². The second-order valence-electron chi connectivity index (χ2n) is 3.64. The number of nitrogens with zero attached hydrogens (tertiary/aromatic N) is 1. The Kier molecular flexibility index (Phi) is 4.03. The first-order valence-corrected chi connectivity index (χ1v) is 5.40. The number of hydrogen-bond acceptors (Lipinski definition) is 3. The minimum atomic E-state index is -2.46. The van der Waals surface area contributed by atoms with Crippen molar-refractivity contribution < 1.29 is 17.9 Å². The molecule has 2 rings (SSSR count). The van der Waals surface area contributed by atoms with E-state index >= 15 is 0 Å². The summed E-state index contributed by atoms with van der Waals surface area (Å²) in [6.45, 7) is -0.0855. The van der Waals surface area contributed by atoms with Crippen molar-refractivity contribution in [3.63, 3.8) is 0 Å². The fourth-order valence-electron chi connectivity index (χ4n) is 1.48. The highest BCUT2D eigenvalue weighted by Crippen LogP contribution is 2.15. The van der Waals surface area contributed by atoms with Crippen molar-refractivity contribution in [2.45, 2.75) is 6.43 Å². The predicted molar refractivity (Wildman–Crippen MR) is 61.4 cm³/mol. The van der Waals surface area contributed by atoms with Gasteiger partial charge >= 0.3 is 0 Å². The highest BCUT2D eigenvalue weighted by molar-refractivity contribution is 5.77. The summed E-state index contributed by atoms with van der Waals surface area (Å²) in [5.41, 5.74) is 1.21. The molecule has 0 aliphatic carbocycles. The number of hydrogen-bond donors (Lipinski definition) is 2. The van der Waals surface area contributed by atoms with Gasteiger partial charge in [-0.1, -0.05) is 0 Å². The SMILES string of the molecule is Fc1ccc2nc(NCCOCC(F)F)[nH]c2c1. The zero-order chi connectivity index (χ0) is 13.0. The smallest absolute Gasteiger partial charge is 0.261 e. The number of benzene rings is 1. The van der Waals surface area contributed by atoms with Crippen LogP contribution in [-0.2, 0) is 4.74 Å². The molecule has 0 spiro atoms. The van der Waals surface area contributed by atoms with Crippen LogP contribution in [-0.4, -0.2) is 36.2 Å². The third-order valence-corrected chi connectivity index (χ3v) is 2.23. The fraction of sp³-hybridized carbons (Fsp3) is 0.364. The Labute approximate surface area is 101 Å². The highest BCUT2D eigenvalue weighted by Gasteiger charge is 2.04. The van der Waals surface area contributed by atoms with Gasteiger partial charge in [-0.25, -0.2) is 18.2 Å². The van der Waals surface area contributed by atoms with Gasteiger partial charge in [-0.3, -0.25) is 0 Å². The zero-order valence-electron chi connectivity index (χ0n) is 9.42. The average Bonchev–Trinajstić information content (AvgIpc) is 2.70.